The molecule has 1 unspecified atom stereocenters. The number of hydrogen-bond donors (Lipinski definition) is 1. The molecule has 1 fully saturated rings. The van der Waals surface area contributed by atoms with E-state index in [0.717, 1.165) is 37.4 Å². The average Bonchev–Trinajstić information content (AvgIpc) is 2.46. The molecule has 116 valence electrons. The lowest BCUT2D eigenvalue weighted by atomic mass is 9.95. The molecule has 1 aromatic rings. The molecule has 0 amide bonds. The number of hydrogen-bond acceptors (Lipinski definition) is 4. The molecule has 1 N–H and O–H groups in total. The van der Waals surface area contributed by atoms with Crippen molar-refractivity contribution >= 4 is 0 Å². The first-order valence-electron chi connectivity index (χ1n) is 7.88. The minimum absolute atomic E-state index is 0.335. The normalized spacial score (nSPS) is 32.1. The van der Waals surface area contributed by atoms with E-state index in [1.807, 2.05) is 12.1 Å². The lowest BCUT2D eigenvalue weighted by Gasteiger charge is -2.36. The van der Waals surface area contributed by atoms with Gasteiger partial charge in [0, 0.05) is 30.1 Å². The van der Waals surface area contributed by atoms with Crippen LogP contribution in [0.3, 0.4) is 0 Å². The Labute approximate surface area is 126 Å². The number of benzene rings is 1. The van der Waals surface area contributed by atoms with Crippen LogP contribution in [-0.4, -0.2) is 32.0 Å². The van der Waals surface area contributed by atoms with Crippen molar-refractivity contribution < 1.29 is 14.2 Å². The second-order valence-corrected chi connectivity index (χ2v) is 6.19. The van der Waals surface area contributed by atoms with Crippen LogP contribution in [0.25, 0.3) is 0 Å². The molecule has 0 spiro atoms. The lowest BCUT2D eigenvalue weighted by molar-refractivity contribution is -0.0441. The summed E-state index contributed by atoms with van der Waals surface area (Å²) in [5.41, 5.74) is 1.24. The summed E-state index contributed by atoms with van der Waals surface area (Å²) in [5.74, 6) is 1.80. The van der Waals surface area contributed by atoms with E-state index < -0.39 is 0 Å². The summed E-state index contributed by atoms with van der Waals surface area (Å²) < 4.78 is 16.9. The first-order chi connectivity index (χ1) is 10.2. The van der Waals surface area contributed by atoms with Gasteiger partial charge < -0.3 is 19.5 Å². The molecule has 2 heterocycles. The highest BCUT2D eigenvalue weighted by Gasteiger charge is 2.29. The Hall–Kier alpha value is -1.26. The highest BCUT2D eigenvalue weighted by Crippen LogP contribution is 2.36. The number of ether oxygens (including phenoxy) is 3. The zero-order valence-electron chi connectivity index (χ0n) is 13.1. The molecule has 1 saturated heterocycles. The van der Waals surface area contributed by atoms with Gasteiger partial charge in [-0.25, -0.2) is 0 Å². The van der Waals surface area contributed by atoms with Crippen molar-refractivity contribution in [3.63, 3.8) is 0 Å². The van der Waals surface area contributed by atoms with Crippen LogP contribution in [0.2, 0.25) is 0 Å². The van der Waals surface area contributed by atoms with E-state index in [2.05, 4.69) is 25.2 Å². The fourth-order valence-electron chi connectivity index (χ4n) is 3.50. The highest BCUT2D eigenvalue weighted by atomic mass is 16.5. The fraction of sp³-hybridized carbons (Fsp3) is 0.647. The molecular weight excluding hydrogens is 266 g/mol. The first kappa shape index (κ1) is 14.7. The Kier molecular flexibility index (Phi) is 4.36. The van der Waals surface area contributed by atoms with Gasteiger partial charge in [-0.1, -0.05) is 6.07 Å². The Morgan fingerprint density at radius 3 is 2.67 bits per heavy atom. The van der Waals surface area contributed by atoms with E-state index in [9.17, 15) is 0 Å². The van der Waals surface area contributed by atoms with Gasteiger partial charge in [0.05, 0.1) is 25.9 Å². The Morgan fingerprint density at radius 1 is 1.19 bits per heavy atom. The minimum atomic E-state index is 0.335. The van der Waals surface area contributed by atoms with Crippen molar-refractivity contribution in [3.8, 4) is 11.5 Å². The summed E-state index contributed by atoms with van der Waals surface area (Å²) in [6.45, 7) is 5.08. The molecule has 2 aliphatic rings. The summed E-state index contributed by atoms with van der Waals surface area (Å²) >= 11 is 0. The van der Waals surface area contributed by atoms with E-state index in [-0.39, 0.29) is 0 Å². The highest BCUT2D eigenvalue weighted by molar-refractivity contribution is 5.43. The Bertz CT molecular complexity index is 481. The van der Waals surface area contributed by atoms with Gasteiger partial charge in [-0.15, -0.1) is 0 Å². The molecule has 3 rings (SSSR count). The SMILES string of the molecule is COc1ccc2c(c1)OCC[C@H]2NC1C[C@@H](C)O[C@@H](C)C1. The fourth-order valence-corrected chi connectivity index (χ4v) is 3.50. The molecule has 0 aliphatic carbocycles. The van der Waals surface area contributed by atoms with Crippen LogP contribution in [0.15, 0.2) is 18.2 Å². The summed E-state index contributed by atoms with van der Waals surface area (Å²) in [7, 11) is 1.69. The van der Waals surface area contributed by atoms with Gasteiger partial charge in [-0.05, 0) is 32.8 Å². The quantitative estimate of drug-likeness (QED) is 0.929. The third kappa shape index (κ3) is 3.33. The van der Waals surface area contributed by atoms with Gasteiger partial charge in [0.1, 0.15) is 11.5 Å². The van der Waals surface area contributed by atoms with Gasteiger partial charge in [0.15, 0.2) is 0 Å². The number of nitrogens with one attached hydrogen (secondary N) is 1. The van der Waals surface area contributed by atoms with Crippen molar-refractivity contribution in [2.24, 2.45) is 0 Å². The predicted molar refractivity (Wildman–Crippen MR) is 82.0 cm³/mol. The standard InChI is InChI=1S/C17H25NO3/c1-11-8-13(9-12(2)21-11)18-16-6-7-20-17-10-14(19-3)4-5-15(16)17/h4-5,10-13,16,18H,6-9H2,1-3H3/t11-,12+,13?,16-/m1/s1. The molecule has 4 atom stereocenters. The van der Waals surface area contributed by atoms with Gasteiger partial charge in [0.2, 0.25) is 0 Å². The second-order valence-electron chi connectivity index (χ2n) is 6.19. The summed E-state index contributed by atoms with van der Waals surface area (Å²) in [4.78, 5) is 0. The third-order valence-electron chi connectivity index (χ3n) is 4.39. The van der Waals surface area contributed by atoms with Crippen molar-refractivity contribution in [2.45, 2.75) is 57.4 Å². The van der Waals surface area contributed by atoms with Crippen LogP contribution in [0.1, 0.15) is 44.7 Å². The van der Waals surface area contributed by atoms with Crippen molar-refractivity contribution in [1.29, 1.82) is 0 Å². The topological polar surface area (TPSA) is 39.7 Å². The van der Waals surface area contributed by atoms with Gasteiger partial charge in [0.25, 0.3) is 0 Å². The predicted octanol–water partition coefficient (Wildman–Crippen LogP) is 3.06. The minimum Gasteiger partial charge on any atom is -0.497 e. The van der Waals surface area contributed by atoms with Gasteiger partial charge >= 0.3 is 0 Å². The van der Waals surface area contributed by atoms with E-state index in [4.69, 9.17) is 14.2 Å². The monoisotopic (exact) mass is 291 g/mol. The van der Waals surface area contributed by atoms with Crippen molar-refractivity contribution in [3.05, 3.63) is 23.8 Å². The zero-order chi connectivity index (χ0) is 14.8. The maximum atomic E-state index is 5.82. The van der Waals surface area contributed by atoms with E-state index in [1.165, 1.54) is 5.56 Å². The molecule has 21 heavy (non-hydrogen) atoms. The van der Waals surface area contributed by atoms with Gasteiger partial charge in [-0.3, -0.25) is 0 Å². The summed E-state index contributed by atoms with van der Waals surface area (Å²) in [5, 5.41) is 3.81. The van der Waals surface area contributed by atoms with Crippen molar-refractivity contribution in [2.75, 3.05) is 13.7 Å². The molecule has 0 saturated carbocycles. The smallest absolute Gasteiger partial charge is 0.127 e. The number of fused-ring (bicyclic) bond motifs is 1. The van der Waals surface area contributed by atoms with Crippen LogP contribution in [0.4, 0.5) is 0 Å². The van der Waals surface area contributed by atoms with Gasteiger partial charge in [-0.2, -0.15) is 0 Å². The Balaban J connectivity index is 1.73. The molecular formula is C17H25NO3. The molecule has 0 bridgehead atoms. The maximum absolute atomic E-state index is 5.82. The number of methoxy groups -OCH3 is 1. The van der Waals surface area contributed by atoms with E-state index >= 15 is 0 Å². The van der Waals surface area contributed by atoms with E-state index in [0.29, 0.717) is 24.3 Å². The van der Waals surface area contributed by atoms with Crippen LogP contribution < -0.4 is 14.8 Å². The molecule has 2 aliphatic heterocycles. The van der Waals surface area contributed by atoms with Crippen LogP contribution in [0.5, 0.6) is 11.5 Å². The van der Waals surface area contributed by atoms with Crippen LogP contribution in [-0.2, 0) is 4.74 Å². The average molecular weight is 291 g/mol. The molecule has 4 nitrogen and oxygen atoms in total. The molecule has 0 aromatic heterocycles. The third-order valence-corrected chi connectivity index (χ3v) is 4.39. The summed E-state index contributed by atoms with van der Waals surface area (Å²) in [6, 6.07) is 7.00. The first-order valence-corrected chi connectivity index (χ1v) is 7.88. The van der Waals surface area contributed by atoms with Crippen LogP contribution >= 0.6 is 0 Å². The molecule has 4 heteroatoms. The lowest BCUT2D eigenvalue weighted by Crippen LogP contribution is -2.43. The second kappa shape index (κ2) is 6.24. The molecule has 1 aromatic carbocycles. The Morgan fingerprint density at radius 2 is 1.95 bits per heavy atom. The van der Waals surface area contributed by atoms with E-state index in [1.54, 1.807) is 7.11 Å². The zero-order valence-corrected chi connectivity index (χ0v) is 13.1. The van der Waals surface area contributed by atoms with Crippen LogP contribution in [0, 0.1) is 0 Å². The van der Waals surface area contributed by atoms with Crippen molar-refractivity contribution in [1.82, 2.24) is 5.32 Å². The largest absolute Gasteiger partial charge is 0.497 e. The molecule has 0 radical (unpaired) electrons. The number of rotatable bonds is 3. The summed E-state index contributed by atoms with van der Waals surface area (Å²) in [6.07, 6.45) is 3.84. The maximum Gasteiger partial charge on any atom is 0.127 e.